The minimum Gasteiger partial charge on any atom is -0.494 e. The third-order valence-electron chi connectivity index (χ3n) is 3.36. The number of aromatic amines is 1. The molecule has 0 saturated heterocycles. The van der Waals surface area contributed by atoms with Crippen LogP contribution in [0.3, 0.4) is 0 Å². The molecule has 19 heavy (non-hydrogen) atoms. The van der Waals surface area contributed by atoms with Crippen LogP contribution in [0.2, 0.25) is 0 Å². The fourth-order valence-electron chi connectivity index (χ4n) is 2.15. The molecule has 1 aromatic carbocycles. The molecule has 1 heterocycles. The van der Waals surface area contributed by atoms with Crippen LogP contribution >= 0.6 is 12.2 Å². The van der Waals surface area contributed by atoms with Gasteiger partial charge >= 0.3 is 0 Å². The van der Waals surface area contributed by atoms with E-state index in [1.54, 1.807) is 0 Å². The van der Waals surface area contributed by atoms with Gasteiger partial charge in [-0.15, -0.1) is 0 Å². The molecule has 4 heteroatoms. The number of rotatable bonds is 6. The molecule has 1 aromatic heterocycles. The van der Waals surface area contributed by atoms with E-state index in [1.807, 2.05) is 30.3 Å². The third-order valence-corrected chi connectivity index (χ3v) is 3.70. The smallest absolute Gasteiger partial charge is 0.122 e. The van der Waals surface area contributed by atoms with Crippen molar-refractivity contribution in [2.75, 3.05) is 6.61 Å². The first-order chi connectivity index (χ1) is 9.33. The maximum atomic E-state index is 5.67. The molecule has 1 fully saturated rings. The second-order valence-electron chi connectivity index (χ2n) is 4.99. The van der Waals surface area contributed by atoms with Crippen LogP contribution in [0.1, 0.15) is 30.9 Å². The molecule has 100 valence electrons. The highest BCUT2D eigenvalue weighted by Crippen LogP contribution is 2.39. The van der Waals surface area contributed by atoms with Crippen molar-refractivity contribution >= 4 is 12.2 Å². The van der Waals surface area contributed by atoms with Crippen LogP contribution in [0.15, 0.2) is 36.4 Å². The van der Waals surface area contributed by atoms with E-state index in [1.165, 1.54) is 18.5 Å². The van der Waals surface area contributed by atoms with Crippen LogP contribution in [0.4, 0.5) is 0 Å². The quantitative estimate of drug-likeness (QED) is 0.639. The van der Waals surface area contributed by atoms with Crippen molar-refractivity contribution in [1.82, 2.24) is 9.78 Å². The lowest BCUT2D eigenvalue weighted by molar-refractivity contribution is 0.298. The highest BCUT2D eigenvalue weighted by molar-refractivity contribution is 7.71. The number of aromatic nitrogens is 2. The Balaban J connectivity index is 1.48. The molecule has 1 aliphatic carbocycles. The number of aryl methyl sites for hydroxylation is 1. The molecule has 0 unspecified atom stereocenters. The van der Waals surface area contributed by atoms with Gasteiger partial charge in [-0.25, -0.2) is 0 Å². The van der Waals surface area contributed by atoms with Crippen LogP contribution in [-0.2, 0) is 6.54 Å². The van der Waals surface area contributed by atoms with Gasteiger partial charge in [-0.05, 0) is 31.0 Å². The van der Waals surface area contributed by atoms with E-state index in [0.29, 0.717) is 6.61 Å². The van der Waals surface area contributed by atoms with Crippen LogP contribution in [0.25, 0.3) is 0 Å². The maximum absolute atomic E-state index is 5.67. The number of H-pyrrole nitrogens is 1. The predicted molar refractivity (Wildman–Crippen MR) is 78.1 cm³/mol. The Labute approximate surface area is 118 Å². The third kappa shape index (κ3) is 3.26. The number of nitrogens with one attached hydrogen (secondary N) is 1. The van der Waals surface area contributed by atoms with E-state index in [4.69, 9.17) is 17.0 Å². The lowest BCUT2D eigenvalue weighted by Gasteiger charge is -2.06. The Morgan fingerprint density at radius 1 is 1.26 bits per heavy atom. The number of hydrogen-bond donors (Lipinski definition) is 1. The molecule has 0 amide bonds. The fourth-order valence-corrected chi connectivity index (χ4v) is 2.42. The second-order valence-corrected chi connectivity index (χ2v) is 5.41. The van der Waals surface area contributed by atoms with E-state index in [2.05, 4.69) is 15.8 Å². The van der Waals surface area contributed by atoms with Crippen LogP contribution in [-0.4, -0.2) is 16.4 Å². The topological polar surface area (TPSA) is 29.9 Å². The number of para-hydroxylation sites is 1. The zero-order chi connectivity index (χ0) is 13.1. The van der Waals surface area contributed by atoms with Gasteiger partial charge < -0.3 is 9.84 Å². The summed E-state index contributed by atoms with van der Waals surface area (Å²) in [5.74, 6) is 1.65. The number of ether oxygens (including phenoxy) is 1. The van der Waals surface area contributed by atoms with Gasteiger partial charge in [0.2, 0.25) is 0 Å². The highest BCUT2D eigenvalue weighted by atomic mass is 32.1. The molecule has 1 aliphatic rings. The number of benzene rings is 1. The molecule has 0 bridgehead atoms. The van der Waals surface area contributed by atoms with Gasteiger partial charge in [0, 0.05) is 24.6 Å². The summed E-state index contributed by atoms with van der Waals surface area (Å²) < 4.78 is 8.63. The van der Waals surface area contributed by atoms with E-state index in [9.17, 15) is 0 Å². The van der Waals surface area contributed by atoms with Gasteiger partial charge in [0.1, 0.15) is 10.4 Å². The molecule has 3 nitrogen and oxygen atoms in total. The Bertz CT molecular complexity index is 584. The number of hydrogen-bond acceptors (Lipinski definition) is 2. The first kappa shape index (κ1) is 12.5. The van der Waals surface area contributed by atoms with Gasteiger partial charge in [-0.2, -0.15) is 0 Å². The summed E-state index contributed by atoms with van der Waals surface area (Å²) in [4.78, 5) is 0. The lowest BCUT2D eigenvalue weighted by Crippen LogP contribution is -2.06. The first-order valence-corrected chi connectivity index (χ1v) is 7.21. The lowest BCUT2D eigenvalue weighted by atomic mass is 10.3. The summed E-state index contributed by atoms with van der Waals surface area (Å²) in [6.45, 7) is 1.60. The Hall–Kier alpha value is -1.55. The van der Waals surface area contributed by atoms with E-state index >= 15 is 0 Å². The minimum absolute atomic E-state index is 0.712. The van der Waals surface area contributed by atoms with Crippen molar-refractivity contribution in [1.29, 1.82) is 0 Å². The van der Waals surface area contributed by atoms with Gasteiger partial charge in [-0.1, -0.05) is 30.4 Å². The van der Waals surface area contributed by atoms with Crippen molar-refractivity contribution < 1.29 is 4.74 Å². The molecule has 3 rings (SSSR count). The van der Waals surface area contributed by atoms with Crippen molar-refractivity contribution in [3.05, 3.63) is 46.7 Å². The Morgan fingerprint density at radius 3 is 2.79 bits per heavy atom. The van der Waals surface area contributed by atoms with Crippen molar-refractivity contribution in [3.8, 4) is 5.75 Å². The van der Waals surface area contributed by atoms with E-state index < -0.39 is 0 Å². The SMILES string of the molecule is S=c1cc(C2CC2)[nH]n1CCCOc1ccccc1. The minimum atomic E-state index is 0.712. The Kier molecular flexibility index (Phi) is 3.69. The Morgan fingerprint density at radius 2 is 2.05 bits per heavy atom. The number of nitrogens with zero attached hydrogens (tertiary/aromatic N) is 1. The maximum Gasteiger partial charge on any atom is 0.122 e. The van der Waals surface area contributed by atoms with E-state index in [0.717, 1.165) is 29.3 Å². The van der Waals surface area contributed by atoms with Gasteiger partial charge in [-0.3, -0.25) is 4.68 Å². The molecule has 1 saturated carbocycles. The normalized spacial score (nSPS) is 14.5. The second kappa shape index (κ2) is 5.61. The molecule has 0 radical (unpaired) electrons. The molecule has 0 spiro atoms. The van der Waals surface area contributed by atoms with Crippen molar-refractivity contribution in [2.45, 2.75) is 31.7 Å². The summed E-state index contributed by atoms with van der Waals surface area (Å²) in [7, 11) is 0. The molecule has 0 atom stereocenters. The fraction of sp³-hybridized carbons (Fsp3) is 0.400. The van der Waals surface area contributed by atoms with Crippen molar-refractivity contribution in [3.63, 3.8) is 0 Å². The van der Waals surface area contributed by atoms with Crippen LogP contribution in [0.5, 0.6) is 5.75 Å². The molecule has 1 N–H and O–H groups in total. The van der Waals surface area contributed by atoms with Crippen LogP contribution in [0, 0.1) is 4.64 Å². The summed E-state index contributed by atoms with van der Waals surface area (Å²) in [6.07, 6.45) is 3.55. The monoisotopic (exact) mass is 274 g/mol. The van der Waals surface area contributed by atoms with E-state index in [-0.39, 0.29) is 0 Å². The first-order valence-electron chi connectivity index (χ1n) is 6.80. The summed E-state index contributed by atoms with van der Waals surface area (Å²) in [5, 5.41) is 3.40. The summed E-state index contributed by atoms with van der Waals surface area (Å²) in [5.41, 5.74) is 1.30. The zero-order valence-electron chi connectivity index (χ0n) is 10.8. The van der Waals surface area contributed by atoms with Crippen molar-refractivity contribution in [2.24, 2.45) is 0 Å². The highest BCUT2D eigenvalue weighted by Gasteiger charge is 2.25. The van der Waals surface area contributed by atoms with Gasteiger partial charge in [0.15, 0.2) is 0 Å². The van der Waals surface area contributed by atoms with Gasteiger partial charge in [0.05, 0.1) is 6.61 Å². The average molecular weight is 274 g/mol. The van der Waals surface area contributed by atoms with Crippen LogP contribution < -0.4 is 4.74 Å². The van der Waals surface area contributed by atoms with Gasteiger partial charge in [0.25, 0.3) is 0 Å². The molecule has 0 aliphatic heterocycles. The standard InChI is InChI=1S/C15H18N2OS/c19-15-11-14(12-7-8-12)16-17(15)9-4-10-18-13-5-2-1-3-6-13/h1-3,5-6,11-12,16H,4,7-10H2. The zero-order valence-corrected chi connectivity index (χ0v) is 11.7. The summed E-state index contributed by atoms with van der Waals surface area (Å²) in [6, 6.07) is 12.0. The summed E-state index contributed by atoms with van der Waals surface area (Å²) >= 11 is 5.35. The predicted octanol–water partition coefficient (Wildman–Crippen LogP) is 3.89. The largest absolute Gasteiger partial charge is 0.494 e. The molecule has 2 aromatic rings. The molecular weight excluding hydrogens is 256 g/mol. The average Bonchev–Trinajstić information content (AvgIpc) is 3.21. The molecular formula is C15H18N2OS.